The van der Waals surface area contributed by atoms with E-state index in [1.54, 1.807) is 6.20 Å². The van der Waals surface area contributed by atoms with Gasteiger partial charge in [-0.3, -0.25) is 9.88 Å². The first-order valence-corrected chi connectivity index (χ1v) is 8.67. The van der Waals surface area contributed by atoms with Crippen LogP contribution in [0.3, 0.4) is 0 Å². The number of hydrogen-bond donors (Lipinski definition) is 0. The summed E-state index contributed by atoms with van der Waals surface area (Å²) < 4.78 is 0. The van der Waals surface area contributed by atoms with Gasteiger partial charge in [-0.05, 0) is 56.4 Å². The Labute approximate surface area is 137 Å². The van der Waals surface area contributed by atoms with E-state index in [0.29, 0.717) is 6.17 Å². The number of rotatable bonds is 3. The molecule has 120 valence electrons. The molecule has 1 atom stereocenters. The van der Waals surface area contributed by atoms with Gasteiger partial charge in [-0.2, -0.15) is 0 Å². The van der Waals surface area contributed by atoms with Gasteiger partial charge < -0.3 is 4.90 Å². The number of aromatic nitrogens is 3. The molecular weight excluding hydrogens is 286 g/mol. The minimum atomic E-state index is 0.504. The Bertz CT molecular complexity index is 622. The number of nitrogens with zero attached hydrogens (tertiary/aromatic N) is 5. The lowest BCUT2D eigenvalue weighted by Gasteiger charge is -2.41. The van der Waals surface area contributed by atoms with Crippen molar-refractivity contribution in [2.45, 2.75) is 38.3 Å². The topological polar surface area (TPSA) is 45.2 Å². The summed E-state index contributed by atoms with van der Waals surface area (Å²) in [5.41, 5.74) is 1.90. The van der Waals surface area contributed by atoms with Crippen molar-refractivity contribution in [1.82, 2.24) is 20.1 Å². The van der Waals surface area contributed by atoms with Gasteiger partial charge in [0.1, 0.15) is 0 Å². The first-order valence-electron chi connectivity index (χ1n) is 8.67. The van der Waals surface area contributed by atoms with E-state index in [9.17, 15) is 0 Å². The van der Waals surface area contributed by atoms with Gasteiger partial charge in [0.25, 0.3) is 0 Å². The van der Waals surface area contributed by atoms with Gasteiger partial charge in [0.2, 0.25) is 0 Å². The maximum Gasteiger partial charge on any atom is 0.152 e. The molecule has 5 nitrogen and oxygen atoms in total. The molecule has 2 aromatic heterocycles. The Morgan fingerprint density at radius 3 is 2.52 bits per heavy atom. The van der Waals surface area contributed by atoms with Crippen molar-refractivity contribution in [2.75, 3.05) is 24.5 Å². The normalized spacial score (nSPS) is 22.4. The third-order valence-corrected chi connectivity index (χ3v) is 4.94. The maximum absolute atomic E-state index is 4.52. The summed E-state index contributed by atoms with van der Waals surface area (Å²) in [5.74, 6) is 1.01. The van der Waals surface area contributed by atoms with Gasteiger partial charge in [0.05, 0.1) is 11.9 Å². The Balaban J connectivity index is 1.56. The Hall–Kier alpha value is -2.01. The summed E-state index contributed by atoms with van der Waals surface area (Å²) in [7, 11) is 0. The molecule has 4 rings (SSSR count). The van der Waals surface area contributed by atoms with E-state index in [1.165, 1.54) is 45.2 Å². The molecule has 2 fully saturated rings. The van der Waals surface area contributed by atoms with E-state index >= 15 is 0 Å². The average Bonchev–Trinajstić information content (AvgIpc) is 3.17. The first kappa shape index (κ1) is 14.6. The van der Waals surface area contributed by atoms with Crippen LogP contribution in [0.25, 0.3) is 11.3 Å². The summed E-state index contributed by atoms with van der Waals surface area (Å²) in [5, 5.41) is 8.96. The van der Waals surface area contributed by atoms with E-state index < -0.39 is 0 Å². The van der Waals surface area contributed by atoms with Crippen molar-refractivity contribution in [1.29, 1.82) is 0 Å². The molecule has 0 amide bonds. The zero-order chi connectivity index (χ0) is 15.5. The largest absolute Gasteiger partial charge is 0.339 e. The smallest absolute Gasteiger partial charge is 0.152 e. The monoisotopic (exact) mass is 309 g/mol. The van der Waals surface area contributed by atoms with Crippen LogP contribution >= 0.6 is 0 Å². The number of pyridine rings is 1. The number of anilines is 1. The fourth-order valence-corrected chi connectivity index (χ4v) is 3.75. The minimum absolute atomic E-state index is 0.504. The van der Waals surface area contributed by atoms with E-state index in [2.05, 4.69) is 37.1 Å². The Morgan fingerprint density at radius 2 is 1.78 bits per heavy atom. The van der Waals surface area contributed by atoms with Crippen molar-refractivity contribution in [3.05, 3.63) is 36.7 Å². The highest BCUT2D eigenvalue weighted by molar-refractivity contribution is 5.58. The lowest BCUT2D eigenvalue weighted by atomic mass is 10.1. The number of piperidine rings is 1. The molecule has 0 spiro atoms. The predicted molar refractivity (Wildman–Crippen MR) is 91.1 cm³/mol. The SMILES string of the molecule is c1cncc(-c2ccc(N3CCCCC3N3CCCC3)nn2)c1. The van der Waals surface area contributed by atoms with Gasteiger partial charge in [-0.25, -0.2) is 0 Å². The van der Waals surface area contributed by atoms with Gasteiger partial charge in [-0.15, -0.1) is 10.2 Å². The third kappa shape index (κ3) is 3.06. The van der Waals surface area contributed by atoms with Crippen molar-refractivity contribution >= 4 is 5.82 Å². The molecule has 0 aromatic carbocycles. The summed E-state index contributed by atoms with van der Waals surface area (Å²) in [6, 6.07) is 8.13. The second kappa shape index (κ2) is 6.62. The standard InChI is InChI=1S/C18H23N5/c1-2-13-23(18(7-1)22-11-3-4-12-22)17-9-8-16(20-21-17)15-6-5-10-19-14-15/h5-6,8-10,14,18H,1-4,7,11-13H2. The molecule has 2 aliphatic rings. The van der Waals surface area contributed by atoms with Crippen LogP contribution < -0.4 is 4.90 Å². The third-order valence-electron chi connectivity index (χ3n) is 4.94. The first-order chi connectivity index (χ1) is 11.4. The van der Waals surface area contributed by atoms with Crippen LogP contribution in [-0.4, -0.2) is 45.9 Å². The zero-order valence-corrected chi connectivity index (χ0v) is 13.4. The quantitative estimate of drug-likeness (QED) is 0.872. The Morgan fingerprint density at radius 1 is 0.913 bits per heavy atom. The molecule has 23 heavy (non-hydrogen) atoms. The molecule has 2 aliphatic heterocycles. The van der Waals surface area contributed by atoms with Gasteiger partial charge >= 0.3 is 0 Å². The lowest BCUT2D eigenvalue weighted by molar-refractivity contribution is 0.200. The summed E-state index contributed by atoms with van der Waals surface area (Å²) >= 11 is 0. The molecule has 4 heterocycles. The van der Waals surface area contributed by atoms with E-state index in [4.69, 9.17) is 0 Å². The molecule has 0 N–H and O–H groups in total. The van der Waals surface area contributed by atoms with Crippen molar-refractivity contribution < 1.29 is 0 Å². The zero-order valence-electron chi connectivity index (χ0n) is 13.4. The second-order valence-electron chi connectivity index (χ2n) is 6.43. The summed E-state index contributed by atoms with van der Waals surface area (Å²) in [6.45, 7) is 3.53. The molecule has 0 aliphatic carbocycles. The fraction of sp³-hybridized carbons (Fsp3) is 0.500. The molecule has 1 unspecified atom stereocenters. The lowest BCUT2D eigenvalue weighted by Crippen LogP contribution is -2.50. The molecule has 0 saturated carbocycles. The summed E-state index contributed by atoms with van der Waals surface area (Å²) in [4.78, 5) is 9.23. The number of likely N-dealkylation sites (tertiary alicyclic amines) is 1. The van der Waals surface area contributed by atoms with Crippen molar-refractivity contribution in [2.24, 2.45) is 0 Å². The second-order valence-corrected chi connectivity index (χ2v) is 6.43. The van der Waals surface area contributed by atoms with Crippen LogP contribution in [0.5, 0.6) is 0 Å². The number of hydrogen-bond acceptors (Lipinski definition) is 5. The van der Waals surface area contributed by atoms with Crippen LogP contribution in [0, 0.1) is 0 Å². The predicted octanol–water partition coefficient (Wildman–Crippen LogP) is 2.95. The van der Waals surface area contributed by atoms with Crippen molar-refractivity contribution in [3.8, 4) is 11.3 Å². The maximum atomic E-state index is 4.52. The van der Waals surface area contributed by atoms with E-state index in [1.807, 2.05) is 18.3 Å². The highest BCUT2D eigenvalue weighted by Gasteiger charge is 2.30. The average molecular weight is 309 g/mol. The highest BCUT2D eigenvalue weighted by Crippen LogP contribution is 2.28. The Kier molecular flexibility index (Phi) is 4.20. The minimum Gasteiger partial charge on any atom is -0.339 e. The molecule has 0 bridgehead atoms. The van der Waals surface area contributed by atoms with Gasteiger partial charge in [0.15, 0.2) is 5.82 Å². The van der Waals surface area contributed by atoms with Crippen LogP contribution in [-0.2, 0) is 0 Å². The molecule has 0 radical (unpaired) electrons. The molecule has 5 heteroatoms. The van der Waals surface area contributed by atoms with Crippen LogP contribution in [0.1, 0.15) is 32.1 Å². The van der Waals surface area contributed by atoms with Crippen LogP contribution in [0.2, 0.25) is 0 Å². The molecule has 2 saturated heterocycles. The van der Waals surface area contributed by atoms with E-state index in [-0.39, 0.29) is 0 Å². The molecular formula is C18H23N5. The van der Waals surface area contributed by atoms with E-state index in [0.717, 1.165) is 23.6 Å². The van der Waals surface area contributed by atoms with Crippen LogP contribution in [0.15, 0.2) is 36.7 Å². The van der Waals surface area contributed by atoms with Gasteiger partial charge in [-0.1, -0.05) is 0 Å². The van der Waals surface area contributed by atoms with Crippen molar-refractivity contribution in [3.63, 3.8) is 0 Å². The van der Waals surface area contributed by atoms with Gasteiger partial charge in [0, 0.05) is 37.6 Å². The summed E-state index contributed by atoms with van der Waals surface area (Å²) in [6.07, 6.45) is 10.6. The molecule has 2 aromatic rings. The van der Waals surface area contributed by atoms with Crippen LogP contribution in [0.4, 0.5) is 5.82 Å². The highest BCUT2D eigenvalue weighted by atomic mass is 15.4. The fourth-order valence-electron chi connectivity index (χ4n) is 3.75.